The lowest BCUT2D eigenvalue weighted by Gasteiger charge is -2.27. The molecule has 2 heterocycles. The molecule has 122 valence electrons. The zero-order chi connectivity index (χ0) is 16.1. The first kappa shape index (κ1) is 16.0. The van der Waals surface area contributed by atoms with Crippen molar-refractivity contribution in [3.63, 3.8) is 0 Å². The lowest BCUT2D eigenvalue weighted by atomic mass is 10.1. The average molecular weight is 332 g/mol. The fourth-order valence-corrected chi connectivity index (χ4v) is 3.15. The Morgan fingerprint density at radius 1 is 1.30 bits per heavy atom. The lowest BCUT2D eigenvalue weighted by Crippen LogP contribution is -2.36. The number of aromatic nitrogens is 2. The van der Waals surface area contributed by atoms with Crippen molar-refractivity contribution in [2.75, 3.05) is 26.3 Å². The van der Waals surface area contributed by atoms with Crippen LogP contribution in [0, 0.1) is 6.92 Å². The van der Waals surface area contributed by atoms with Gasteiger partial charge in [-0.15, -0.1) is 5.10 Å². The number of morpholine rings is 1. The smallest absolute Gasteiger partial charge is 0.265 e. The monoisotopic (exact) mass is 332 g/mol. The van der Waals surface area contributed by atoms with Crippen molar-refractivity contribution in [3.8, 4) is 0 Å². The quantitative estimate of drug-likeness (QED) is 0.901. The Morgan fingerprint density at radius 2 is 2.04 bits per heavy atom. The van der Waals surface area contributed by atoms with Gasteiger partial charge in [-0.3, -0.25) is 9.69 Å². The molecular weight excluding hydrogens is 312 g/mol. The van der Waals surface area contributed by atoms with E-state index in [9.17, 15) is 4.79 Å². The van der Waals surface area contributed by atoms with Gasteiger partial charge in [-0.05, 0) is 29.6 Å². The van der Waals surface area contributed by atoms with E-state index < -0.39 is 0 Å². The van der Waals surface area contributed by atoms with Crippen LogP contribution < -0.4 is 5.32 Å². The van der Waals surface area contributed by atoms with Gasteiger partial charge >= 0.3 is 0 Å². The molecule has 1 aliphatic rings. The molecule has 0 saturated carbocycles. The van der Waals surface area contributed by atoms with E-state index in [2.05, 4.69) is 31.9 Å². The molecule has 1 aromatic heterocycles. The highest BCUT2D eigenvalue weighted by Crippen LogP contribution is 2.14. The van der Waals surface area contributed by atoms with Crippen LogP contribution in [0.5, 0.6) is 0 Å². The van der Waals surface area contributed by atoms with Gasteiger partial charge in [-0.1, -0.05) is 28.8 Å². The molecule has 2 aromatic rings. The van der Waals surface area contributed by atoms with E-state index in [0.717, 1.165) is 49.9 Å². The fourth-order valence-electron chi connectivity index (χ4n) is 2.58. The molecule has 0 atom stereocenters. The number of hydrogen-bond acceptors (Lipinski definition) is 6. The molecule has 0 radical (unpaired) electrons. The highest BCUT2D eigenvalue weighted by Gasteiger charge is 2.15. The maximum absolute atomic E-state index is 12.2. The lowest BCUT2D eigenvalue weighted by molar-refractivity contribution is 0.0340. The molecule has 3 rings (SSSR count). The van der Waals surface area contributed by atoms with Gasteiger partial charge in [0.05, 0.1) is 18.9 Å². The second kappa shape index (κ2) is 7.63. The van der Waals surface area contributed by atoms with Crippen molar-refractivity contribution in [1.82, 2.24) is 19.8 Å². The Labute approximate surface area is 139 Å². The number of hydrogen-bond donors (Lipinski definition) is 1. The van der Waals surface area contributed by atoms with Crippen LogP contribution >= 0.6 is 11.5 Å². The van der Waals surface area contributed by atoms with Gasteiger partial charge in [0.15, 0.2) is 0 Å². The minimum Gasteiger partial charge on any atom is -0.379 e. The van der Waals surface area contributed by atoms with Gasteiger partial charge in [0.2, 0.25) is 0 Å². The molecule has 0 spiro atoms. The molecule has 0 unspecified atom stereocenters. The van der Waals surface area contributed by atoms with Crippen molar-refractivity contribution in [2.45, 2.75) is 20.0 Å². The molecule has 0 aliphatic carbocycles. The predicted molar refractivity (Wildman–Crippen MR) is 88.4 cm³/mol. The van der Waals surface area contributed by atoms with Crippen molar-refractivity contribution in [3.05, 3.63) is 46.0 Å². The van der Waals surface area contributed by atoms with Crippen LogP contribution in [0.1, 0.15) is 26.5 Å². The standard InChI is InChI=1S/C16H20N4O2S/c1-12-15(23-19-18-12)16(21)17-10-13-4-2-3-5-14(13)11-20-6-8-22-9-7-20/h2-5H,6-11H2,1H3,(H,17,21). The summed E-state index contributed by atoms with van der Waals surface area (Å²) >= 11 is 1.13. The van der Waals surface area contributed by atoms with Crippen LogP contribution in [-0.2, 0) is 17.8 Å². The summed E-state index contributed by atoms with van der Waals surface area (Å²) in [5.74, 6) is -0.112. The molecule has 6 nitrogen and oxygen atoms in total. The summed E-state index contributed by atoms with van der Waals surface area (Å²) in [5, 5.41) is 6.84. The maximum Gasteiger partial charge on any atom is 0.265 e. The number of nitrogens with one attached hydrogen (secondary N) is 1. The van der Waals surface area contributed by atoms with E-state index in [-0.39, 0.29) is 5.91 Å². The van der Waals surface area contributed by atoms with Gasteiger partial charge in [0.25, 0.3) is 5.91 Å². The Bertz CT molecular complexity index is 668. The van der Waals surface area contributed by atoms with E-state index in [4.69, 9.17) is 4.74 Å². The second-order valence-corrected chi connectivity index (χ2v) is 6.28. The zero-order valence-electron chi connectivity index (χ0n) is 13.1. The number of aryl methyl sites for hydroxylation is 1. The number of carbonyl (C=O) groups is 1. The highest BCUT2D eigenvalue weighted by atomic mass is 32.1. The third kappa shape index (κ3) is 4.13. The molecule has 1 aliphatic heterocycles. The molecule has 23 heavy (non-hydrogen) atoms. The molecule has 1 amide bonds. The predicted octanol–water partition coefficient (Wildman–Crippen LogP) is 1.61. The first-order valence-electron chi connectivity index (χ1n) is 7.68. The largest absolute Gasteiger partial charge is 0.379 e. The van der Waals surface area contributed by atoms with Crippen LogP contribution in [0.2, 0.25) is 0 Å². The number of carbonyl (C=O) groups excluding carboxylic acids is 1. The van der Waals surface area contributed by atoms with Crippen LogP contribution in [0.15, 0.2) is 24.3 Å². The summed E-state index contributed by atoms with van der Waals surface area (Å²) in [7, 11) is 0. The Morgan fingerprint density at radius 3 is 2.74 bits per heavy atom. The Kier molecular flexibility index (Phi) is 5.32. The Balaban J connectivity index is 1.63. The van der Waals surface area contributed by atoms with Gasteiger partial charge in [-0.25, -0.2) is 0 Å². The topological polar surface area (TPSA) is 67.4 Å². The minimum atomic E-state index is -0.112. The first-order chi connectivity index (χ1) is 11.2. The number of nitrogens with zero attached hydrogens (tertiary/aromatic N) is 3. The SMILES string of the molecule is Cc1nnsc1C(=O)NCc1ccccc1CN1CCOCC1. The zero-order valence-corrected chi connectivity index (χ0v) is 13.9. The third-order valence-corrected chi connectivity index (χ3v) is 4.74. The highest BCUT2D eigenvalue weighted by molar-refractivity contribution is 7.07. The van der Waals surface area contributed by atoms with E-state index in [1.54, 1.807) is 6.92 Å². The number of rotatable bonds is 5. The Hall–Kier alpha value is -1.83. The maximum atomic E-state index is 12.2. The van der Waals surface area contributed by atoms with Crippen LogP contribution in [-0.4, -0.2) is 46.7 Å². The molecule has 7 heteroatoms. The molecular formula is C16H20N4O2S. The number of amides is 1. The molecule has 1 N–H and O–H groups in total. The first-order valence-corrected chi connectivity index (χ1v) is 8.45. The summed E-state index contributed by atoms with van der Waals surface area (Å²) in [6.45, 7) is 6.67. The van der Waals surface area contributed by atoms with Gasteiger partial charge < -0.3 is 10.1 Å². The third-order valence-electron chi connectivity index (χ3n) is 3.91. The van der Waals surface area contributed by atoms with E-state index in [1.807, 2.05) is 12.1 Å². The van der Waals surface area contributed by atoms with E-state index in [1.165, 1.54) is 5.56 Å². The summed E-state index contributed by atoms with van der Waals surface area (Å²) in [6, 6.07) is 8.23. The molecule has 1 fully saturated rings. The summed E-state index contributed by atoms with van der Waals surface area (Å²) in [5.41, 5.74) is 3.06. The summed E-state index contributed by atoms with van der Waals surface area (Å²) in [4.78, 5) is 15.1. The van der Waals surface area contributed by atoms with Crippen LogP contribution in [0.25, 0.3) is 0 Å². The van der Waals surface area contributed by atoms with Gasteiger partial charge in [0.1, 0.15) is 4.88 Å². The molecule has 1 aromatic carbocycles. The summed E-state index contributed by atoms with van der Waals surface area (Å²) < 4.78 is 9.19. The van der Waals surface area contributed by atoms with Crippen LogP contribution in [0.4, 0.5) is 0 Å². The normalized spacial score (nSPS) is 15.5. The van der Waals surface area contributed by atoms with Gasteiger partial charge in [0, 0.05) is 26.2 Å². The number of ether oxygens (including phenoxy) is 1. The van der Waals surface area contributed by atoms with Gasteiger partial charge in [-0.2, -0.15) is 0 Å². The van der Waals surface area contributed by atoms with Crippen molar-refractivity contribution < 1.29 is 9.53 Å². The molecule has 0 bridgehead atoms. The van der Waals surface area contributed by atoms with E-state index >= 15 is 0 Å². The summed E-state index contributed by atoms with van der Waals surface area (Å²) in [6.07, 6.45) is 0. The average Bonchev–Trinajstić information content (AvgIpc) is 3.01. The van der Waals surface area contributed by atoms with Crippen molar-refractivity contribution in [1.29, 1.82) is 0 Å². The van der Waals surface area contributed by atoms with Crippen LogP contribution in [0.3, 0.4) is 0 Å². The number of benzene rings is 1. The minimum absolute atomic E-state index is 0.112. The molecule has 1 saturated heterocycles. The fraction of sp³-hybridized carbons (Fsp3) is 0.438. The van der Waals surface area contributed by atoms with Crippen molar-refractivity contribution in [2.24, 2.45) is 0 Å². The second-order valence-electron chi connectivity index (χ2n) is 5.53. The van der Waals surface area contributed by atoms with Crippen molar-refractivity contribution >= 4 is 17.4 Å². The van der Waals surface area contributed by atoms with E-state index in [0.29, 0.717) is 17.1 Å².